The van der Waals surface area contributed by atoms with Crippen LogP contribution in [0, 0.1) is 11.3 Å². The van der Waals surface area contributed by atoms with E-state index >= 15 is 0 Å². The number of rotatable bonds is 7. The van der Waals surface area contributed by atoms with E-state index in [0.29, 0.717) is 19.4 Å². The van der Waals surface area contributed by atoms with Crippen molar-refractivity contribution in [2.24, 2.45) is 5.73 Å². The Labute approximate surface area is 85.5 Å². The van der Waals surface area contributed by atoms with Crippen LogP contribution in [0.4, 0.5) is 0 Å². The maximum atomic E-state index is 11.2. The van der Waals surface area contributed by atoms with Crippen molar-refractivity contribution in [1.82, 2.24) is 5.32 Å². The van der Waals surface area contributed by atoms with Crippen molar-refractivity contribution in [3.8, 4) is 6.07 Å². The zero-order valence-electron chi connectivity index (χ0n) is 8.75. The molecule has 0 radical (unpaired) electrons. The van der Waals surface area contributed by atoms with E-state index in [9.17, 15) is 4.79 Å². The first kappa shape index (κ1) is 12.9. The summed E-state index contributed by atoms with van der Waals surface area (Å²) < 4.78 is 0. The fraction of sp³-hybridized carbons (Fsp3) is 0.800. The Morgan fingerprint density at radius 3 is 2.86 bits per heavy atom. The number of hydrogen-bond donors (Lipinski definition) is 2. The number of hydrogen-bond acceptors (Lipinski definition) is 3. The van der Waals surface area contributed by atoms with Crippen molar-refractivity contribution in [2.75, 3.05) is 6.54 Å². The second kappa shape index (κ2) is 8.52. The molecule has 3 N–H and O–H groups in total. The summed E-state index contributed by atoms with van der Waals surface area (Å²) in [6.07, 6.45) is 3.48. The molecule has 0 bridgehead atoms. The largest absolute Gasteiger partial charge is 0.356 e. The van der Waals surface area contributed by atoms with Gasteiger partial charge in [0.05, 0.1) is 6.07 Å². The molecule has 0 aliphatic carbocycles. The first-order valence-corrected chi connectivity index (χ1v) is 5.06. The van der Waals surface area contributed by atoms with Crippen LogP contribution in [0.5, 0.6) is 0 Å². The van der Waals surface area contributed by atoms with E-state index in [1.165, 1.54) is 0 Å². The Balaban J connectivity index is 3.25. The molecule has 0 aromatic heterocycles. The lowest BCUT2D eigenvalue weighted by Crippen LogP contribution is -2.24. The fourth-order valence-electron chi connectivity index (χ4n) is 1.07. The molecule has 0 heterocycles. The minimum absolute atomic E-state index is 0.0589. The molecule has 4 heteroatoms. The van der Waals surface area contributed by atoms with Gasteiger partial charge < -0.3 is 11.1 Å². The first-order valence-electron chi connectivity index (χ1n) is 5.06. The molecule has 1 unspecified atom stereocenters. The van der Waals surface area contributed by atoms with Crippen molar-refractivity contribution in [2.45, 2.75) is 45.1 Å². The third-order valence-electron chi connectivity index (χ3n) is 1.85. The van der Waals surface area contributed by atoms with Crippen LogP contribution < -0.4 is 11.1 Å². The number of unbranched alkanes of at least 4 members (excludes halogenated alkanes) is 1. The average Bonchev–Trinajstić information content (AvgIpc) is 2.12. The smallest absolute Gasteiger partial charge is 0.219 e. The summed E-state index contributed by atoms with van der Waals surface area (Å²) in [5, 5.41) is 11.0. The second-order valence-corrected chi connectivity index (χ2v) is 3.48. The van der Waals surface area contributed by atoms with E-state index in [0.717, 1.165) is 19.3 Å². The fourth-order valence-corrected chi connectivity index (χ4v) is 1.07. The number of nitrogens with two attached hydrogens (primary N) is 1. The van der Waals surface area contributed by atoms with Crippen LogP contribution in [0.15, 0.2) is 0 Å². The van der Waals surface area contributed by atoms with Gasteiger partial charge >= 0.3 is 0 Å². The predicted molar refractivity (Wildman–Crippen MR) is 55.4 cm³/mol. The monoisotopic (exact) mass is 197 g/mol. The first-order chi connectivity index (χ1) is 6.66. The highest BCUT2D eigenvalue weighted by atomic mass is 16.1. The molecule has 0 spiro atoms. The second-order valence-electron chi connectivity index (χ2n) is 3.48. The van der Waals surface area contributed by atoms with E-state index in [-0.39, 0.29) is 11.9 Å². The van der Waals surface area contributed by atoms with Crippen LogP contribution in [-0.4, -0.2) is 18.5 Å². The van der Waals surface area contributed by atoms with Crippen LogP contribution in [0.1, 0.15) is 39.0 Å². The van der Waals surface area contributed by atoms with Crippen molar-refractivity contribution in [3.05, 3.63) is 0 Å². The number of amides is 1. The summed E-state index contributed by atoms with van der Waals surface area (Å²) in [5.41, 5.74) is 5.55. The minimum atomic E-state index is 0.0589. The number of nitrogens with zero attached hydrogens (tertiary/aromatic N) is 1. The van der Waals surface area contributed by atoms with E-state index in [4.69, 9.17) is 11.0 Å². The van der Waals surface area contributed by atoms with Gasteiger partial charge in [0.1, 0.15) is 0 Å². The summed E-state index contributed by atoms with van der Waals surface area (Å²) >= 11 is 0. The molecule has 0 aromatic carbocycles. The van der Waals surface area contributed by atoms with Crippen molar-refractivity contribution < 1.29 is 4.79 Å². The highest BCUT2D eigenvalue weighted by Gasteiger charge is 2.01. The molecule has 0 fully saturated rings. The van der Waals surface area contributed by atoms with Crippen molar-refractivity contribution >= 4 is 5.91 Å². The van der Waals surface area contributed by atoms with Gasteiger partial charge in [-0.05, 0) is 26.2 Å². The molecule has 14 heavy (non-hydrogen) atoms. The lowest BCUT2D eigenvalue weighted by Gasteiger charge is -2.05. The molecule has 0 rings (SSSR count). The summed E-state index contributed by atoms with van der Waals surface area (Å²) in [6, 6.07) is 2.20. The molecule has 80 valence electrons. The van der Waals surface area contributed by atoms with Gasteiger partial charge in [-0.2, -0.15) is 5.26 Å². The van der Waals surface area contributed by atoms with Gasteiger partial charge in [-0.3, -0.25) is 4.79 Å². The molecular formula is C10H19N3O. The Morgan fingerprint density at radius 2 is 2.29 bits per heavy atom. The Morgan fingerprint density at radius 1 is 1.57 bits per heavy atom. The van der Waals surface area contributed by atoms with E-state index in [1.54, 1.807) is 0 Å². The average molecular weight is 197 g/mol. The van der Waals surface area contributed by atoms with Gasteiger partial charge in [-0.1, -0.05) is 0 Å². The predicted octanol–water partition coefficient (Wildman–Crippen LogP) is 0.924. The molecule has 0 aliphatic rings. The number of nitrogens with one attached hydrogen (secondary N) is 1. The Bertz CT molecular complexity index is 196. The maximum Gasteiger partial charge on any atom is 0.219 e. The standard InChI is InChI=1S/C10H19N3O/c1-9(12)5-4-6-10(14)13-8-3-2-7-11/h9H,2-6,8,12H2,1H3,(H,13,14). The zero-order chi connectivity index (χ0) is 10.8. The van der Waals surface area contributed by atoms with Crippen LogP contribution in [0.25, 0.3) is 0 Å². The van der Waals surface area contributed by atoms with Crippen LogP contribution in [0.3, 0.4) is 0 Å². The Hall–Kier alpha value is -1.08. The van der Waals surface area contributed by atoms with Gasteiger partial charge in [0.2, 0.25) is 5.91 Å². The molecular weight excluding hydrogens is 178 g/mol. The SMILES string of the molecule is CC(N)CCCC(=O)NCCCC#N. The van der Waals surface area contributed by atoms with Crippen molar-refractivity contribution in [1.29, 1.82) is 5.26 Å². The molecule has 0 aromatic rings. The molecule has 4 nitrogen and oxygen atoms in total. The minimum Gasteiger partial charge on any atom is -0.356 e. The quantitative estimate of drug-likeness (QED) is 0.596. The third kappa shape index (κ3) is 9.01. The lowest BCUT2D eigenvalue weighted by molar-refractivity contribution is -0.121. The summed E-state index contributed by atoms with van der Waals surface area (Å²) in [6.45, 7) is 2.54. The Kier molecular flexibility index (Phi) is 7.86. The number of nitriles is 1. The number of carbonyl (C=O) groups is 1. The molecule has 0 saturated heterocycles. The summed E-state index contributed by atoms with van der Waals surface area (Å²) in [7, 11) is 0. The number of carbonyl (C=O) groups excluding carboxylic acids is 1. The zero-order valence-corrected chi connectivity index (χ0v) is 8.75. The topological polar surface area (TPSA) is 78.9 Å². The highest BCUT2D eigenvalue weighted by Crippen LogP contribution is 1.98. The van der Waals surface area contributed by atoms with Crippen molar-refractivity contribution in [3.63, 3.8) is 0 Å². The molecule has 1 amide bonds. The van der Waals surface area contributed by atoms with E-state index in [1.807, 2.05) is 13.0 Å². The molecule has 0 aliphatic heterocycles. The summed E-state index contributed by atoms with van der Waals surface area (Å²) in [4.78, 5) is 11.2. The lowest BCUT2D eigenvalue weighted by atomic mass is 10.1. The maximum absolute atomic E-state index is 11.2. The van der Waals surface area contributed by atoms with Gasteiger partial charge in [-0.15, -0.1) is 0 Å². The summed E-state index contributed by atoms with van der Waals surface area (Å²) in [5.74, 6) is 0.0589. The van der Waals surface area contributed by atoms with Gasteiger partial charge in [0, 0.05) is 25.4 Å². The van der Waals surface area contributed by atoms with E-state index < -0.39 is 0 Å². The van der Waals surface area contributed by atoms with Crippen LogP contribution in [-0.2, 0) is 4.79 Å². The highest BCUT2D eigenvalue weighted by molar-refractivity contribution is 5.75. The third-order valence-corrected chi connectivity index (χ3v) is 1.85. The van der Waals surface area contributed by atoms with Crippen LogP contribution in [0.2, 0.25) is 0 Å². The normalized spacial score (nSPS) is 11.8. The van der Waals surface area contributed by atoms with E-state index in [2.05, 4.69) is 5.32 Å². The van der Waals surface area contributed by atoms with Gasteiger partial charge in [0.25, 0.3) is 0 Å². The molecule has 0 saturated carbocycles. The van der Waals surface area contributed by atoms with Crippen LogP contribution >= 0.6 is 0 Å². The molecule has 1 atom stereocenters. The van der Waals surface area contributed by atoms with Gasteiger partial charge in [-0.25, -0.2) is 0 Å². The van der Waals surface area contributed by atoms with Gasteiger partial charge in [0.15, 0.2) is 0 Å².